The van der Waals surface area contributed by atoms with E-state index in [1.165, 1.54) is 24.2 Å². The molecule has 0 N–H and O–H groups in total. The smallest absolute Gasteiger partial charge is 0.414 e. The van der Waals surface area contributed by atoms with Crippen LogP contribution in [0.2, 0.25) is 0 Å². The van der Waals surface area contributed by atoms with Gasteiger partial charge in [-0.1, -0.05) is 12.3 Å². The number of amides is 1. The lowest BCUT2D eigenvalue weighted by Crippen LogP contribution is -2.36. The molecule has 1 fully saturated rings. The number of allylic oxidation sites excluding steroid dienone is 2. The van der Waals surface area contributed by atoms with Gasteiger partial charge in [0, 0.05) is 11.8 Å². The maximum atomic E-state index is 12.2. The van der Waals surface area contributed by atoms with Gasteiger partial charge in [-0.2, -0.15) is 0 Å². The van der Waals surface area contributed by atoms with Crippen molar-refractivity contribution in [3.63, 3.8) is 0 Å². The van der Waals surface area contributed by atoms with Crippen LogP contribution >= 0.6 is 0 Å². The summed E-state index contributed by atoms with van der Waals surface area (Å²) in [6.07, 6.45) is 16.2. The van der Waals surface area contributed by atoms with Crippen LogP contribution in [0.3, 0.4) is 0 Å². The van der Waals surface area contributed by atoms with Crippen molar-refractivity contribution in [2.75, 3.05) is 6.54 Å². The van der Waals surface area contributed by atoms with Crippen molar-refractivity contribution in [1.29, 1.82) is 0 Å². The minimum absolute atomic E-state index is 0.213. The second-order valence-electron chi connectivity index (χ2n) is 6.81. The molecular weight excluding hydrogens is 278 g/mol. The number of rotatable bonds is 2. The molecule has 0 aromatic carbocycles. The van der Waals surface area contributed by atoms with Crippen LogP contribution in [-0.4, -0.2) is 29.2 Å². The molecule has 0 aromatic rings. The van der Waals surface area contributed by atoms with Crippen LogP contribution in [0, 0.1) is 12.3 Å². The van der Waals surface area contributed by atoms with Crippen LogP contribution in [0.5, 0.6) is 0 Å². The molecule has 1 heterocycles. The Kier molecular flexibility index (Phi) is 5.18. The molecule has 2 rings (SSSR count). The van der Waals surface area contributed by atoms with Gasteiger partial charge < -0.3 is 9.47 Å². The summed E-state index contributed by atoms with van der Waals surface area (Å²) in [6, 6.07) is 0. The lowest BCUT2D eigenvalue weighted by Gasteiger charge is -2.30. The molecule has 1 aliphatic carbocycles. The Morgan fingerprint density at radius 2 is 2.00 bits per heavy atom. The van der Waals surface area contributed by atoms with E-state index in [4.69, 9.17) is 15.9 Å². The Bertz CT molecular complexity index is 513. The summed E-state index contributed by atoms with van der Waals surface area (Å²) in [7, 11) is 0. The highest BCUT2D eigenvalue weighted by Crippen LogP contribution is 2.25. The van der Waals surface area contributed by atoms with E-state index in [1.54, 1.807) is 12.3 Å². The van der Waals surface area contributed by atoms with Gasteiger partial charge >= 0.3 is 6.09 Å². The van der Waals surface area contributed by atoms with Crippen molar-refractivity contribution in [3.8, 4) is 5.92 Å². The van der Waals surface area contributed by atoms with Gasteiger partial charge in [0.25, 0.3) is 0 Å². The molecule has 1 aliphatic heterocycles. The standard InChI is InChI=1S/C18H24NO3/c1-5-14-11-16(21-15-9-7-6-8-10-15)13-19(12-14)17(20)22-18(2,3)4/h11-12,15H,6-10,13H2,2-4H3. The van der Waals surface area contributed by atoms with Gasteiger partial charge in [-0.3, -0.25) is 4.90 Å². The third-order valence-corrected chi connectivity index (χ3v) is 3.58. The predicted molar refractivity (Wildman–Crippen MR) is 84.2 cm³/mol. The SMILES string of the molecule is [C]#CC1=CN(C(=O)OC(C)(C)C)CC(OC2CCCCC2)=C1. The molecule has 0 unspecified atom stereocenters. The molecular formula is C18H24NO3. The first-order chi connectivity index (χ1) is 10.4. The second kappa shape index (κ2) is 6.91. The van der Waals surface area contributed by atoms with Crippen LogP contribution in [-0.2, 0) is 9.47 Å². The number of nitrogens with zero attached hydrogens (tertiary/aromatic N) is 1. The first-order valence-electron chi connectivity index (χ1n) is 7.89. The van der Waals surface area contributed by atoms with Crippen LogP contribution in [0.25, 0.3) is 0 Å². The highest BCUT2D eigenvalue weighted by atomic mass is 16.6. The molecule has 1 saturated carbocycles. The summed E-state index contributed by atoms with van der Waals surface area (Å²) >= 11 is 0. The Labute approximate surface area is 133 Å². The third kappa shape index (κ3) is 4.84. The molecule has 0 saturated heterocycles. The fourth-order valence-electron chi connectivity index (χ4n) is 2.61. The van der Waals surface area contributed by atoms with Crippen molar-refractivity contribution in [2.45, 2.75) is 64.6 Å². The van der Waals surface area contributed by atoms with Gasteiger partial charge in [0.15, 0.2) is 0 Å². The average Bonchev–Trinajstić information content (AvgIpc) is 2.46. The molecule has 1 radical (unpaired) electrons. The van der Waals surface area contributed by atoms with Crippen LogP contribution in [0.4, 0.5) is 4.79 Å². The number of carbonyl (C=O) groups excluding carboxylic acids is 1. The zero-order valence-electron chi connectivity index (χ0n) is 13.6. The quantitative estimate of drug-likeness (QED) is 0.725. The van der Waals surface area contributed by atoms with E-state index >= 15 is 0 Å². The van der Waals surface area contributed by atoms with Crippen LogP contribution < -0.4 is 0 Å². The Morgan fingerprint density at radius 1 is 1.32 bits per heavy atom. The number of hydrogen-bond acceptors (Lipinski definition) is 3. The van der Waals surface area contributed by atoms with E-state index < -0.39 is 11.7 Å². The highest BCUT2D eigenvalue weighted by Gasteiger charge is 2.26. The number of carbonyl (C=O) groups is 1. The van der Waals surface area contributed by atoms with E-state index in [-0.39, 0.29) is 6.10 Å². The molecule has 1 amide bonds. The fourth-order valence-corrected chi connectivity index (χ4v) is 2.61. The van der Waals surface area contributed by atoms with Crippen molar-refractivity contribution < 1.29 is 14.3 Å². The fraction of sp³-hybridized carbons (Fsp3) is 0.611. The van der Waals surface area contributed by atoms with Crippen LogP contribution in [0.15, 0.2) is 23.6 Å². The average molecular weight is 302 g/mol. The molecule has 4 heteroatoms. The predicted octanol–water partition coefficient (Wildman–Crippen LogP) is 3.94. The summed E-state index contributed by atoms with van der Waals surface area (Å²) < 4.78 is 11.4. The lowest BCUT2D eigenvalue weighted by molar-refractivity contribution is 0.0264. The zero-order chi connectivity index (χ0) is 16.2. The van der Waals surface area contributed by atoms with Crippen molar-refractivity contribution >= 4 is 6.09 Å². The molecule has 0 spiro atoms. The van der Waals surface area contributed by atoms with Gasteiger partial charge in [0.05, 0.1) is 12.6 Å². The maximum Gasteiger partial charge on any atom is 0.414 e. The Morgan fingerprint density at radius 3 is 2.59 bits per heavy atom. The molecule has 22 heavy (non-hydrogen) atoms. The third-order valence-electron chi connectivity index (χ3n) is 3.58. The van der Waals surface area contributed by atoms with Gasteiger partial charge in [0.1, 0.15) is 11.4 Å². The minimum atomic E-state index is -0.551. The van der Waals surface area contributed by atoms with E-state index in [9.17, 15) is 4.79 Å². The molecule has 119 valence electrons. The first-order valence-corrected chi connectivity index (χ1v) is 7.89. The Hall–Kier alpha value is -1.89. The van der Waals surface area contributed by atoms with Gasteiger partial charge in [-0.25, -0.2) is 4.79 Å². The number of ether oxygens (including phenoxy) is 2. The van der Waals surface area contributed by atoms with Crippen LogP contribution in [0.1, 0.15) is 52.9 Å². The summed E-state index contributed by atoms with van der Waals surface area (Å²) in [5, 5.41) is 0. The van der Waals surface area contributed by atoms with E-state index in [1.807, 2.05) is 20.8 Å². The van der Waals surface area contributed by atoms with Crippen molar-refractivity contribution in [2.24, 2.45) is 0 Å². The summed E-state index contributed by atoms with van der Waals surface area (Å²) in [4.78, 5) is 13.6. The van der Waals surface area contributed by atoms with Gasteiger partial charge in [0.2, 0.25) is 0 Å². The normalized spacial score (nSPS) is 19.8. The monoisotopic (exact) mass is 302 g/mol. The van der Waals surface area contributed by atoms with E-state index in [0.717, 1.165) is 12.8 Å². The minimum Gasteiger partial charge on any atom is -0.493 e. The van der Waals surface area contributed by atoms with E-state index in [2.05, 4.69) is 5.92 Å². The molecule has 0 atom stereocenters. The van der Waals surface area contributed by atoms with Gasteiger partial charge in [-0.05, 0) is 59.0 Å². The summed E-state index contributed by atoms with van der Waals surface area (Å²) in [6.45, 7) is 5.84. The largest absolute Gasteiger partial charge is 0.493 e. The summed E-state index contributed by atoms with van der Waals surface area (Å²) in [5.74, 6) is 3.03. The van der Waals surface area contributed by atoms with Crippen molar-refractivity contribution in [1.82, 2.24) is 4.90 Å². The molecule has 4 nitrogen and oxygen atoms in total. The topological polar surface area (TPSA) is 38.8 Å². The number of hydrogen-bond donors (Lipinski definition) is 0. The Balaban J connectivity index is 2.03. The summed E-state index contributed by atoms with van der Waals surface area (Å²) in [5.41, 5.74) is -0.0340. The maximum absolute atomic E-state index is 12.2. The van der Waals surface area contributed by atoms with Crippen molar-refractivity contribution in [3.05, 3.63) is 30.0 Å². The second-order valence-corrected chi connectivity index (χ2v) is 6.81. The molecule has 0 bridgehead atoms. The molecule has 0 aromatic heterocycles. The van der Waals surface area contributed by atoms with E-state index in [0.29, 0.717) is 17.9 Å². The zero-order valence-corrected chi connectivity index (χ0v) is 13.6. The highest BCUT2D eigenvalue weighted by molar-refractivity contribution is 5.71. The lowest BCUT2D eigenvalue weighted by atomic mass is 9.98. The molecule has 2 aliphatic rings. The van der Waals surface area contributed by atoms with Gasteiger partial charge in [-0.15, -0.1) is 0 Å². The first kappa shape index (κ1) is 16.5.